The normalized spacial score (nSPS) is 32.8. The number of carbonyl (C=O) groups excluding carboxylic acids is 3. The van der Waals surface area contributed by atoms with Gasteiger partial charge in [-0.05, 0) is 33.1 Å². The third-order valence-electron chi connectivity index (χ3n) is 6.78. The van der Waals surface area contributed by atoms with Crippen molar-refractivity contribution in [2.24, 2.45) is 11.8 Å². The minimum Gasteiger partial charge on any atom is -0.466 e. The Hall–Kier alpha value is -1.93. The number of fused-ring (bicyclic) bond motifs is 1. The van der Waals surface area contributed by atoms with Gasteiger partial charge in [0.15, 0.2) is 0 Å². The van der Waals surface area contributed by atoms with Crippen LogP contribution >= 0.6 is 0 Å². The predicted octanol–water partition coefficient (Wildman–Crippen LogP) is 1.12. The Bertz CT molecular complexity index is 697. The summed E-state index contributed by atoms with van der Waals surface area (Å²) in [7, 11) is 0. The summed E-state index contributed by atoms with van der Waals surface area (Å²) in [6, 6.07) is -0.882. The van der Waals surface area contributed by atoms with Crippen molar-refractivity contribution in [1.29, 1.82) is 0 Å². The monoisotopic (exact) mass is 422 g/mol. The van der Waals surface area contributed by atoms with Gasteiger partial charge in [-0.2, -0.15) is 0 Å². The van der Waals surface area contributed by atoms with Crippen molar-refractivity contribution in [3.63, 3.8) is 0 Å². The van der Waals surface area contributed by atoms with Crippen LogP contribution in [0.25, 0.3) is 0 Å². The molecule has 1 N–H and O–H groups in total. The van der Waals surface area contributed by atoms with Gasteiger partial charge in [0.05, 0.1) is 31.2 Å². The van der Waals surface area contributed by atoms with Crippen LogP contribution in [-0.4, -0.2) is 82.8 Å². The summed E-state index contributed by atoms with van der Waals surface area (Å²) in [4.78, 5) is 43.1. The summed E-state index contributed by atoms with van der Waals surface area (Å²) in [5.41, 5.74) is -1.04. The number of hydrogen-bond donors (Lipinski definition) is 1. The molecule has 3 heterocycles. The molecule has 30 heavy (non-hydrogen) atoms. The topological polar surface area (TPSA) is 96.4 Å². The molecule has 3 saturated heterocycles. The molecule has 3 aliphatic heterocycles. The molecule has 0 saturated carbocycles. The number of ether oxygens (including phenoxy) is 2. The molecule has 1 unspecified atom stereocenters. The van der Waals surface area contributed by atoms with Gasteiger partial charge in [0.25, 0.3) is 0 Å². The lowest BCUT2D eigenvalue weighted by Crippen LogP contribution is -2.58. The van der Waals surface area contributed by atoms with E-state index in [9.17, 15) is 19.5 Å². The molecule has 0 aromatic heterocycles. The second-order valence-corrected chi connectivity index (χ2v) is 8.48. The molecule has 0 aromatic carbocycles. The molecule has 8 heteroatoms. The van der Waals surface area contributed by atoms with Crippen LogP contribution in [0.4, 0.5) is 0 Å². The highest BCUT2D eigenvalue weighted by atomic mass is 16.6. The molecule has 0 aromatic rings. The van der Waals surface area contributed by atoms with E-state index in [-0.39, 0.29) is 37.6 Å². The van der Waals surface area contributed by atoms with Crippen molar-refractivity contribution >= 4 is 17.8 Å². The summed E-state index contributed by atoms with van der Waals surface area (Å²) in [5, 5.41) is 9.60. The molecule has 2 amide bonds. The highest BCUT2D eigenvalue weighted by molar-refractivity contribution is 5.98. The maximum Gasteiger partial charge on any atom is 0.312 e. The molecular formula is C22H34N2O6. The number of β-amino-alcohol motifs (C(OH)–C–C–N with tert-alkyl or cyclic N) is 1. The molecule has 3 rings (SSSR count). The molecule has 6 atom stereocenters. The zero-order valence-electron chi connectivity index (χ0n) is 18.2. The number of amides is 2. The van der Waals surface area contributed by atoms with Crippen LogP contribution in [0.2, 0.25) is 0 Å². The Morgan fingerprint density at radius 1 is 1.47 bits per heavy atom. The van der Waals surface area contributed by atoms with E-state index in [1.165, 1.54) is 4.90 Å². The Morgan fingerprint density at radius 3 is 2.80 bits per heavy atom. The molecule has 0 aliphatic carbocycles. The van der Waals surface area contributed by atoms with Crippen LogP contribution in [0.15, 0.2) is 12.7 Å². The molecular weight excluding hydrogens is 388 g/mol. The van der Waals surface area contributed by atoms with Crippen LogP contribution in [0.3, 0.4) is 0 Å². The minimum absolute atomic E-state index is 0.0264. The molecule has 1 spiro atoms. The maximum absolute atomic E-state index is 13.8. The fraction of sp³-hybridized carbons (Fsp3) is 0.773. The fourth-order valence-corrected chi connectivity index (χ4v) is 5.64. The Morgan fingerprint density at radius 2 is 2.20 bits per heavy atom. The van der Waals surface area contributed by atoms with Gasteiger partial charge in [0.2, 0.25) is 11.8 Å². The smallest absolute Gasteiger partial charge is 0.312 e. The van der Waals surface area contributed by atoms with Crippen molar-refractivity contribution in [3.05, 3.63) is 12.7 Å². The largest absolute Gasteiger partial charge is 0.466 e. The van der Waals surface area contributed by atoms with E-state index in [4.69, 9.17) is 9.47 Å². The van der Waals surface area contributed by atoms with Crippen LogP contribution in [0, 0.1) is 11.8 Å². The van der Waals surface area contributed by atoms with Crippen LogP contribution in [0.1, 0.15) is 46.5 Å². The quantitative estimate of drug-likeness (QED) is 0.419. The summed E-state index contributed by atoms with van der Waals surface area (Å²) < 4.78 is 11.5. The van der Waals surface area contributed by atoms with Crippen molar-refractivity contribution in [3.8, 4) is 0 Å². The number of esters is 1. The lowest BCUT2D eigenvalue weighted by molar-refractivity contribution is -0.155. The van der Waals surface area contributed by atoms with Crippen molar-refractivity contribution in [2.75, 3.05) is 26.3 Å². The first-order valence-corrected chi connectivity index (χ1v) is 11.0. The van der Waals surface area contributed by atoms with E-state index in [0.29, 0.717) is 19.4 Å². The van der Waals surface area contributed by atoms with Gasteiger partial charge >= 0.3 is 5.97 Å². The van der Waals surface area contributed by atoms with Gasteiger partial charge in [-0.1, -0.05) is 19.4 Å². The summed E-state index contributed by atoms with van der Waals surface area (Å²) in [6.45, 7) is 9.91. The molecule has 3 fully saturated rings. The SMILES string of the molecule is C=CCN(C(=O)[C@H]1N(CCO)C(=O)[C@@H]2[C@@H](C(=O)OCC)[C@H]3CC[C@]21O3)C(C)CCC. The third kappa shape index (κ3) is 3.43. The maximum atomic E-state index is 13.8. The van der Waals surface area contributed by atoms with Crippen LogP contribution in [-0.2, 0) is 23.9 Å². The van der Waals surface area contributed by atoms with Crippen molar-refractivity contribution < 1.29 is 29.0 Å². The molecule has 3 aliphatic rings. The lowest BCUT2D eigenvalue weighted by atomic mass is 9.70. The number of aliphatic hydroxyl groups is 1. The van der Waals surface area contributed by atoms with Gasteiger partial charge in [0.1, 0.15) is 11.6 Å². The second kappa shape index (κ2) is 9.06. The van der Waals surface area contributed by atoms with Gasteiger partial charge in [-0.3, -0.25) is 14.4 Å². The Kier molecular flexibility index (Phi) is 6.87. The predicted molar refractivity (Wildman–Crippen MR) is 109 cm³/mol. The Labute approximate surface area is 178 Å². The van der Waals surface area contributed by atoms with Gasteiger partial charge < -0.3 is 24.4 Å². The third-order valence-corrected chi connectivity index (χ3v) is 6.78. The van der Waals surface area contributed by atoms with Gasteiger partial charge in [-0.25, -0.2) is 0 Å². The fourth-order valence-electron chi connectivity index (χ4n) is 5.64. The number of likely N-dealkylation sites (tertiary alicyclic amines) is 1. The van der Waals surface area contributed by atoms with Crippen LogP contribution in [0.5, 0.6) is 0 Å². The van der Waals surface area contributed by atoms with E-state index in [0.717, 1.165) is 12.8 Å². The van der Waals surface area contributed by atoms with Crippen molar-refractivity contribution in [2.45, 2.75) is 70.2 Å². The van der Waals surface area contributed by atoms with E-state index >= 15 is 0 Å². The van der Waals surface area contributed by atoms with E-state index < -0.39 is 35.6 Å². The first-order chi connectivity index (χ1) is 14.4. The zero-order valence-corrected chi connectivity index (χ0v) is 18.2. The summed E-state index contributed by atoms with van der Waals surface area (Å²) in [6.07, 6.45) is 4.16. The summed E-state index contributed by atoms with van der Waals surface area (Å²) in [5.74, 6) is -2.40. The van der Waals surface area contributed by atoms with E-state index in [2.05, 4.69) is 13.5 Å². The first kappa shape index (κ1) is 22.7. The Balaban J connectivity index is 2.00. The van der Waals surface area contributed by atoms with Crippen LogP contribution < -0.4 is 0 Å². The second-order valence-electron chi connectivity index (χ2n) is 8.48. The lowest BCUT2D eigenvalue weighted by Gasteiger charge is -2.38. The first-order valence-electron chi connectivity index (χ1n) is 11.0. The zero-order chi connectivity index (χ0) is 22.1. The number of aliphatic hydroxyl groups excluding tert-OH is 1. The number of nitrogens with zero attached hydrogens (tertiary/aromatic N) is 2. The average Bonchev–Trinajstić information content (AvgIpc) is 3.34. The molecule has 8 nitrogen and oxygen atoms in total. The standard InChI is InChI=1S/C22H34N2O6/c1-5-8-14(4)23(11-6-2)20(27)18-22-10-9-15(30-22)16(21(28)29-7-3)17(22)19(26)24(18)12-13-25/h6,14-18,25H,2,5,7-13H2,1,3-4H3/t14?,15-,16+,17+,18-,22+/m1/s1. The average molecular weight is 423 g/mol. The minimum atomic E-state index is -1.04. The van der Waals surface area contributed by atoms with Crippen molar-refractivity contribution in [1.82, 2.24) is 9.80 Å². The highest BCUT2D eigenvalue weighted by Crippen LogP contribution is 2.58. The molecule has 168 valence electrons. The number of hydrogen-bond acceptors (Lipinski definition) is 6. The highest BCUT2D eigenvalue weighted by Gasteiger charge is 2.75. The van der Waals surface area contributed by atoms with E-state index in [1.807, 2.05) is 6.92 Å². The van der Waals surface area contributed by atoms with Gasteiger partial charge in [0, 0.05) is 19.1 Å². The van der Waals surface area contributed by atoms with Gasteiger partial charge in [-0.15, -0.1) is 6.58 Å². The number of carbonyl (C=O) groups is 3. The molecule has 2 bridgehead atoms. The van der Waals surface area contributed by atoms with E-state index in [1.54, 1.807) is 17.9 Å². The number of rotatable bonds is 10. The summed E-state index contributed by atoms with van der Waals surface area (Å²) >= 11 is 0. The molecule has 0 radical (unpaired) electrons.